The topological polar surface area (TPSA) is 36.4 Å². The van der Waals surface area contributed by atoms with E-state index in [1.54, 1.807) is 0 Å². The normalized spacial score (nSPS) is 16.4. The second-order valence-electron chi connectivity index (χ2n) is 4.59. The van der Waals surface area contributed by atoms with E-state index in [2.05, 4.69) is 32.4 Å². The second-order valence-corrected chi connectivity index (χ2v) is 5.44. The van der Waals surface area contributed by atoms with Crippen molar-refractivity contribution >= 4 is 21.8 Å². The van der Waals surface area contributed by atoms with E-state index >= 15 is 0 Å². The van der Waals surface area contributed by atoms with Gasteiger partial charge in [-0.15, -0.1) is 0 Å². The van der Waals surface area contributed by atoms with Gasteiger partial charge in [-0.05, 0) is 40.1 Å². The SMILES string of the molecule is C=CC(=O)N1CCN(CCc2ccncc2Br)CC1. The molecule has 0 saturated carbocycles. The number of piperazine rings is 1. The Morgan fingerprint density at radius 1 is 1.42 bits per heavy atom. The first-order chi connectivity index (χ1) is 9.20. The van der Waals surface area contributed by atoms with Crippen LogP contribution in [0.4, 0.5) is 0 Å². The van der Waals surface area contributed by atoms with Gasteiger partial charge in [0.2, 0.25) is 5.91 Å². The van der Waals surface area contributed by atoms with Crippen molar-refractivity contribution < 1.29 is 4.79 Å². The molecule has 5 heteroatoms. The highest BCUT2D eigenvalue weighted by molar-refractivity contribution is 9.10. The van der Waals surface area contributed by atoms with Crippen LogP contribution in [0.2, 0.25) is 0 Å². The molecule has 0 bridgehead atoms. The van der Waals surface area contributed by atoms with Crippen LogP contribution in [0, 0.1) is 0 Å². The summed E-state index contributed by atoms with van der Waals surface area (Å²) in [7, 11) is 0. The molecular weight excluding hydrogens is 306 g/mol. The van der Waals surface area contributed by atoms with Crippen molar-refractivity contribution in [3.8, 4) is 0 Å². The van der Waals surface area contributed by atoms with Crippen molar-refractivity contribution in [1.29, 1.82) is 0 Å². The van der Waals surface area contributed by atoms with E-state index in [4.69, 9.17) is 0 Å². The lowest BCUT2D eigenvalue weighted by Gasteiger charge is -2.34. The summed E-state index contributed by atoms with van der Waals surface area (Å²) in [5, 5.41) is 0. The van der Waals surface area contributed by atoms with Gasteiger partial charge in [-0.1, -0.05) is 6.58 Å². The van der Waals surface area contributed by atoms with Crippen molar-refractivity contribution in [3.05, 3.63) is 41.2 Å². The Morgan fingerprint density at radius 3 is 2.79 bits per heavy atom. The van der Waals surface area contributed by atoms with Crippen LogP contribution in [0.5, 0.6) is 0 Å². The summed E-state index contributed by atoms with van der Waals surface area (Å²) < 4.78 is 1.07. The highest BCUT2D eigenvalue weighted by Crippen LogP contribution is 2.15. The fourth-order valence-corrected chi connectivity index (χ4v) is 2.65. The lowest BCUT2D eigenvalue weighted by Crippen LogP contribution is -2.48. The highest BCUT2D eigenvalue weighted by atomic mass is 79.9. The molecule has 102 valence electrons. The van der Waals surface area contributed by atoms with E-state index in [-0.39, 0.29) is 5.91 Å². The molecule has 0 aliphatic carbocycles. The number of rotatable bonds is 4. The molecule has 0 radical (unpaired) electrons. The number of hydrogen-bond acceptors (Lipinski definition) is 3. The molecule has 0 atom stereocenters. The van der Waals surface area contributed by atoms with Gasteiger partial charge in [-0.2, -0.15) is 0 Å². The predicted octanol–water partition coefficient (Wildman–Crippen LogP) is 1.72. The van der Waals surface area contributed by atoms with Gasteiger partial charge in [-0.25, -0.2) is 0 Å². The largest absolute Gasteiger partial charge is 0.337 e. The summed E-state index contributed by atoms with van der Waals surface area (Å²) >= 11 is 3.51. The minimum absolute atomic E-state index is 0.0385. The van der Waals surface area contributed by atoms with Crippen molar-refractivity contribution in [2.75, 3.05) is 32.7 Å². The average Bonchev–Trinajstić information content (AvgIpc) is 2.46. The first-order valence-corrected chi connectivity index (χ1v) is 7.22. The Bertz CT molecular complexity index is 456. The number of hydrogen-bond donors (Lipinski definition) is 0. The molecule has 1 aromatic rings. The van der Waals surface area contributed by atoms with Crippen molar-refractivity contribution in [1.82, 2.24) is 14.8 Å². The maximum atomic E-state index is 11.5. The standard InChI is InChI=1S/C14H18BrN3O/c1-2-14(19)18-9-7-17(8-10-18)6-4-12-3-5-16-11-13(12)15/h2-3,5,11H,1,4,6-10H2. The molecule has 0 spiro atoms. The van der Waals surface area contributed by atoms with Crippen LogP contribution >= 0.6 is 15.9 Å². The Balaban J connectivity index is 1.79. The van der Waals surface area contributed by atoms with Gasteiger partial charge in [0.25, 0.3) is 0 Å². The summed E-state index contributed by atoms with van der Waals surface area (Å²) in [6.45, 7) is 7.99. The molecule has 0 aromatic carbocycles. The number of carbonyl (C=O) groups is 1. The van der Waals surface area contributed by atoms with E-state index in [9.17, 15) is 4.79 Å². The first kappa shape index (κ1) is 14.2. The number of aromatic nitrogens is 1. The summed E-state index contributed by atoms with van der Waals surface area (Å²) in [6.07, 6.45) is 6.04. The first-order valence-electron chi connectivity index (χ1n) is 6.43. The van der Waals surface area contributed by atoms with Gasteiger partial charge in [0.15, 0.2) is 0 Å². The van der Waals surface area contributed by atoms with Crippen LogP contribution in [0.15, 0.2) is 35.6 Å². The molecule has 1 amide bonds. The number of nitrogens with zero attached hydrogens (tertiary/aromatic N) is 3. The minimum Gasteiger partial charge on any atom is -0.337 e. The van der Waals surface area contributed by atoms with Crippen molar-refractivity contribution in [3.63, 3.8) is 0 Å². The molecule has 1 aromatic heterocycles. The average molecular weight is 324 g/mol. The molecule has 1 aliphatic heterocycles. The second kappa shape index (κ2) is 6.82. The van der Waals surface area contributed by atoms with E-state index in [1.807, 2.05) is 23.4 Å². The molecule has 1 saturated heterocycles. The third-order valence-corrected chi connectivity index (χ3v) is 4.13. The van der Waals surface area contributed by atoms with Gasteiger partial charge < -0.3 is 4.90 Å². The molecule has 4 nitrogen and oxygen atoms in total. The predicted molar refractivity (Wildman–Crippen MR) is 78.9 cm³/mol. The van der Waals surface area contributed by atoms with Gasteiger partial charge in [0.05, 0.1) is 0 Å². The van der Waals surface area contributed by atoms with E-state index in [1.165, 1.54) is 11.6 Å². The Hall–Kier alpha value is -1.20. The van der Waals surface area contributed by atoms with Crippen LogP contribution in [-0.2, 0) is 11.2 Å². The summed E-state index contributed by atoms with van der Waals surface area (Å²) in [5.74, 6) is 0.0385. The maximum Gasteiger partial charge on any atom is 0.246 e. The zero-order valence-electron chi connectivity index (χ0n) is 10.9. The molecule has 19 heavy (non-hydrogen) atoms. The van der Waals surface area contributed by atoms with Crippen LogP contribution in [0.3, 0.4) is 0 Å². The van der Waals surface area contributed by atoms with Gasteiger partial charge in [0, 0.05) is 49.6 Å². The minimum atomic E-state index is 0.0385. The summed E-state index contributed by atoms with van der Waals surface area (Å²) in [4.78, 5) is 19.8. The molecule has 0 unspecified atom stereocenters. The number of amides is 1. The van der Waals surface area contributed by atoms with E-state index in [0.29, 0.717) is 0 Å². The Kier molecular flexibility index (Phi) is 5.10. The van der Waals surface area contributed by atoms with Gasteiger partial charge in [-0.3, -0.25) is 14.7 Å². The summed E-state index contributed by atoms with van der Waals surface area (Å²) in [5.41, 5.74) is 1.28. The quantitative estimate of drug-likeness (QED) is 0.792. The lowest BCUT2D eigenvalue weighted by atomic mass is 10.2. The maximum absolute atomic E-state index is 11.5. The molecule has 2 rings (SSSR count). The van der Waals surface area contributed by atoms with E-state index in [0.717, 1.165) is 43.6 Å². The van der Waals surface area contributed by atoms with Gasteiger partial charge >= 0.3 is 0 Å². The van der Waals surface area contributed by atoms with Crippen LogP contribution in [0.25, 0.3) is 0 Å². The lowest BCUT2D eigenvalue weighted by molar-refractivity contribution is -0.127. The molecule has 1 aliphatic rings. The van der Waals surface area contributed by atoms with Crippen LogP contribution in [0.1, 0.15) is 5.56 Å². The Labute approximate surface area is 122 Å². The highest BCUT2D eigenvalue weighted by Gasteiger charge is 2.18. The van der Waals surface area contributed by atoms with Crippen molar-refractivity contribution in [2.45, 2.75) is 6.42 Å². The van der Waals surface area contributed by atoms with Crippen LogP contribution < -0.4 is 0 Å². The smallest absolute Gasteiger partial charge is 0.246 e. The van der Waals surface area contributed by atoms with Crippen molar-refractivity contribution in [2.24, 2.45) is 0 Å². The molecule has 2 heterocycles. The molecule has 0 N–H and O–H groups in total. The zero-order valence-corrected chi connectivity index (χ0v) is 12.5. The molecular formula is C14H18BrN3O. The van der Waals surface area contributed by atoms with E-state index < -0.39 is 0 Å². The fraction of sp³-hybridized carbons (Fsp3) is 0.429. The number of pyridine rings is 1. The van der Waals surface area contributed by atoms with Crippen LogP contribution in [-0.4, -0.2) is 53.4 Å². The Morgan fingerprint density at radius 2 is 2.16 bits per heavy atom. The fourth-order valence-electron chi connectivity index (χ4n) is 2.21. The molecule has 1 fully saturated rings. The third kappa shape index (κ3) is 3.88. The number of carbonyl (C=O) groups excluding carboxylic acids is 1. The zero-order chi connectivity index (χ0) is 13.7. The monoisotopic (exact) mass is 323 g/mol. The van der Waals surface area contributed by atoms with Gasteiger partial charge in [0.1, 0.15) is 0 Å². The number of halogens is 1. The summed E-state index contributed by atoms with van der Waals surface area (Å²) in [6, 6.07) is 2.04. The third-order valence-electron chi connectivity index (χ3n) is 3.41.